The average molecular weight is 440 g/mol. The molecule has 0 saturated carbocycles. The summed E-state index contributed by atoms with van der Waals surface area (Å²) in [5.74, 6) is 0.0649. The summed E-state index contributed by atoms with van der Waals surface area (Å²) in [6.45, 7) is 1.31. The summed E-state index contributed by atoms with van der Waals surface area (Å²) in [6.07, 6.45) is 6.76. The van der Waals surface area contributed by atoms with Crippen molar-refractivity contribution in [2.75, 3.05) is 6.54 Å². The van der Waals surface area contributed by atoms with E-state index in [9.17, 15) is 9.59 Å². The Morgan fingerprint density at radius 3 is 2.87 bits per heavy atom. The van der Waals surface area contributed by atoms with E-state index in [-0.39, 0.29) is 16.7 Å². The van der Waals surface area contributed by atoms with Crippen LogP contribution in [0.4, 0.5) is 0 Å². The molecule has 1 aromatic carbocycles. The van der Waals surface area contributed by atoms with Gasteiger partial charge >= 0.3 is 0 Å². The second-order valence-corrected chi connectivity index (χ2v) is 10.3. The van der Waals surface area contributed by atoms with E-state index in [0.717, 1.165) is 61.7 Å². The van der Waals surface area contributed by atoms with Crippen molar-refractivity contribution in [3.05, 3.63) is 56.7 Å². The first-order chi connectivity index (χ1) is 14.7. The van der Waals surface area contributed by atoms with Crippen molar-refractivity contribution in [1.29, 1.82) is 0 Å². The lowest BCUT2D eigenvalue weighted by atomic mass is 10.1. The number of hydrogen-bond donors (Lipinski definition) is 1. The zero-order valence-electron chi connectivity index (χ0n) is 16.9. The zero-order valence-corrected chi connectivity index (χ0v) is 18.5. The lowest BCUT2D eigenvalue weighted by Crippen LogP contribution is -2.32. The number of nitrogens with one attached hydrogen (secondary N) is 1. The van der Waals surface area contributed by atoms with Crippen LogP contribution in [0.25, 0.3) is 10.2 Å². The fourth-order valence-corrected chi connectivity index (χ4v) is 6.87. The van der Waals surface area contributed by atoms with Gasteiger partial charge in [0.2, 0.25) is 5.91 Å². The molecular weight excluding hydrogens is 414 g/mol. The monoisotopic (exact) mass is 439 g/mol. The molecule has 3 heterocycles. The smallest absolute Gasteiger partial charge is 0.263 e. The summed E-state index contributed by atoms with van der Waals surface area (Å²) in [5.41, 5.74) is 2.47. The number of carbonyl (C=O) groups is 1. The van der Waals surface area contributed by atoms with Crippen molar-refractivity contribution >= 4 is 39.2 Å². The molecule has 5 nitrogen and oxygen atoms in total. The summed E-state index contributed by atoms with van der Waals surface area (Å²) in [7, 11) is 0. The number of fused-ring (bicyclic) bond motifs is 3. The lowest BCUT2D eigenvalue weighted by molar-refractivity contribution is -0.120. The van der Waals surface area contributed by atoms with Gasteiger partial charge in [0.25, 0.3) is 5.56 Å². The van der Waals surface area contributed by atoms with Gasteiger partial charge in [0.1, 0.15) is 4.83 Å². The number of nitrogens with zero attached hydrogens (tertiary/aromatic N) is 2. The third-order valence-electron chi connectivity index (χ3n) is 5.99. The minimum Gasteiger partial charge on any atom is -0.355 e. The summed E-state index contributed by atoms with van der Waals surface area (Å²) in [5, 5.41) is 4.32. The molecule has 1 N–H and O–H groups in total. The number of hydrogen-bond acceptors (Lipinski definition) is 5. The van der Waals surface area contributed by atoms with Crippen LogP contribution in [-0.4, -0.2) is 27.3 Å². The SMILES string of the molecule is O=C1NCCCC[C@H]1Sc1nc2sc3c(c2c(=O)n1CCc1ccccc1)CCC3. The summed E-state index contributed by atoms with van der Waals surface area (Å²) >= 11 is 3.13. The molecule has 5 rings (SSSR count). The van der Waals surface area contributed by atoms with Crippen LogP contribution in [0.2, 0.25) is 0 Å². The zero-order chi connectivity index (χ0) is 20.5. The van der Waals surface area contributed by atoms with Gasteiger partial charge in [0.15, 0.2) is 5.16 Å². The van der Waals surface area contributed by atoms with E-state index in [1.165, 1.54) is 27.8 Å². The van der Waals surface area contributed by atoms with E-state index >= 15 is 0 Å². The van der Waals surface area contributed by atoms with Crippen molar-refractivity contribution in [2.45, 2.75) is 61.9 Å². The highest BCUT2D eigenvalue weighted by molar-refractivity contribution is 8.00. The number of aryl methyl sites for hydroxylation is 3. The minimum absolute atomic E-state index is 0.0619. The molecule has 0 bridgehead atoms. The fraction of sp³-hybridized carbons (Fsp3) is 0.435. The lowest BCUT2D eigenvalue weighted by Gasteiger charge is -2.17. The van der Waals surface area contributed by atoms with Crippen molar-refractivity contribution < 1.29 is 4.79 Å². The number of thiophene rings is 1. The number of aromatic nitrogens is 2. The van der Waals surface area contributed by atoms with Crippen molar-refractivity contribution in [3.63, 3.8) is 0 Å². The Bertz CT molecular complexity index is 1140. The predicted molar refractivity (Wildman–Crippen MR) is 123 cm³/mol. The van der Waals surface area contributed by atoms with Crippen LogP contribution >= 0.6 is 23.1 Å². The molecule has 3 aromatic rings. The van der Waals surface area contributed by atoms with Gasteiger partial charge in [-0.1, -0.05) is 48.5 Å². The Balaban J connectivity index is 1.55. The van der Waals surface area contributed by atoms with Crippen LogP contribution in [0.5, 0.6) is 0 Å². The Labute approximate surface area is 183 Å². The average Bonchev–Trinajstić information content (AvgIpc) is 3.27. The molecule has 0 radical (unpaired) electrons. The molecule has 1 aliphatic carbocycles. The van der Waals surface area contributed by atoms with Gasteiger partial charge in [-0.3, -0.25) is 14.2 Å². The number of benzene rings is 1. The maximum atomic E-state index is 13.6. The highest BCUT2D eigenvalue weighted by Crippen LogP contribution is 2.36. The Hall–Kier alpha value is -2.12. The highest BCUT2D eigenvalue weighted by atomic mass is 32.2. The highest BCUT2D eigenvalue weighted by Gasteiger charge is 2.27. The van der Waals surface area contributed by atoms with Gasteiger partial charge in [-0.15, -0.1) is 11.3 Å². The standard InChI is InChI=1S/C23H25N3O2S2/c27-20-18(10-4-5-13-24-20)30-23-25-21-19(16-9-6-11-17(16)29-21)22(28)26(23)14-12-15-7-2-1-3-8-15/h1-3,7-8,18H,4-6,9-14H2,(H,24,27)/t18-/m1/s1. The van der Waals surface area contributed by atoms with E-state index < -0.39 is 0 Å². The minimum atomic E-state index is -0.188. The van der Waals surface area contributed by atoms with Gasteiger partial charge in [0, 0.05) is 18.0 Å². The van der Waals surface area contributed by atoms with Crippen LogP contribution in [0.15, 0.2) is 40.3 Å². The third-order valence-corrected chi connectivity index (χ3v) is 8.43. The molecule has 1 fully saturated rings. The van der Waals surface area contributed by atoms with Crippen LogP contribution in [0.1, 0.15) is 41.7 Å². The van der Waals surface area contributed by atoms with Crippen LogP contribution in [0, 0.1) is 0 Å². The predicted octanol–water partition coefficient (Wildman–Crippen LogP) is 3.95. The van der Waals surface area contributed by atoms with Gasteiger partial charge in [-0.2, -0.15) is 0 Å². The molecular formula is C23H25N3O2S2. The second kappa shape index (κ2) is 8.55. The fourth-order valence-electron chi connectivity index (χ4n) is 4.38. The quantitative estimate of drug-likeness (QED) is 0.612. The maximum Gasteiger partial charge on any atom is 0.263 e. The van der Waals surface area contributed by atoms with Gasteiger partial charge in [-0.05, 0) is 49.7 Å². The van der Waals surface area contributed by atoms with Gasteiger partial charge in [-0.25, -0.2) is 4.98 Å². The number of rotatable bonds is 5. The molecule has 2 aliphatic rings. The van der Waals surface area contributed by atoms with Crippen molar-refractivity contribution in [1.82, 2.24) is 14.9 Å². The normalized spacial score (nSPS) is 18.9. The van der Waals surface area contributed by atoms with E-state index in [4.69, 9.17) is 4.98 Å². The molecule has 1 saturated heterocycles. The molecule has 7 heteroatoms. The molecule has 156 valence electrons. The van der Waals surface area contributed by atoms with E-state index in [1.807, 2.05) is 22.8 Å². The third kappa shape index (κ3) is 3.81. The van der Waals surface area contributed by atoms with Gasteiger partial charge in [0.05, 0.1) is 10.6 Å². The van der Waals surface area contributed by atoms with Crippen molar-refractivity contribution in [2.24, 2.45) is 0 Å². The number of carbonyl (C=O) groups excluding carboxylic acids is 1. The Kier molecular flexibility index (Phi) is 5.65. The molecule has 0 unspecified atom stereocenters. The molecule has 1 atom stereocenters. The summed E-state index contributed by atoms with van der Waals surface area (Å²) in [6, 6.07) is 10.2. The first-order valence-electron chi connectivity index (χ1n) is 10.7. The van der Waals surface area contributed by atoms with Crippen molar-refractivity contribution in [3.8, 4) is 0 Å². The molecule has 0 spiro atoms. The van der Waals surface area contributed by atoms with Gasteiger partial charge < -0.3 is 5.32 Å². The number of thioether (sulfide) groups is 1. The molecule has 1 amide bonds. The molecule has 2 aromatic heterocycles. The summed E-state index contributed by atoms with van der Waals surface area (Å²) in [4.78, 5) is 33.2. The van der Waals surface area contributed by atoms with E-state index in [0.29, 0.717) is 11.7 Å². The maximum absolute atomic E-state index is 13.6. The first-order valence-corrected chi connectivity index (χ1v) is 12.4. The second-order valence-electron chi connectivity index (χ2n) is 8.02. The largest absolute Gasteiger partial charge is 0.355 e. The van der Waals surface area contributed by atoms with E-state index in [1.54, 1.807) is 11.3 Å². The van der Waals surface area contributed by atoms with Crippen LogP contribution < -0.4 is 10.9 Å². The Morgan fingerprint density at radius 1 is 1.13 bits per heavy atom. The number of amides is 1. The Morgan fingerprint density at radius 2 is 2.00 bits per heavy atom. The topological polar surface area (TPSA) is 64.0 Å². The molecule has 1 aliphatic heterocycles. The van der Waals surface area contributed by atoms with Crippen LogP contribution in [-0.2, 0) is 30.6 Å². The first kappa shape index (κ1) is 19.8. The van der Waals surface area contributed by atoms with Crippen LogP contribution in [0.3, 0.4) is 0 Å². The molecule has 30 heavy (non-hydrogen) atoms. The summed E-state index contributed by atoms with van der Waals surface area (Å²) < 4.78 is 1.82. The van der Waals surface area contributed by atoms with E-state index in [2.05, 4.69) is 17.4 Å².